The number of rotatable bonds is 5. The normalized spacial score (nSPS) is 19.1. The van der Waals surface area contributed by atoms with Gasteiger partial charge in [-0.15, -0.1) is 5.10 Å². The van der Waals surface area contributed by atoms with Crippen LogP contribution in [-0.4, -0.2) is 73.6 Å². The quantitative estimate of drug-likeness (QED) is 0.696. The Labute approximate surface area is 119 Å². The smallest absolute Gasteiger partial charge is 0.325 e. The summed E-state index contributed by atoms with van der Waals surface area (Å²) in [5.74, 6) is -0.894. The van der Waals surface area contributed by atoms with Crippen LogP contribution in [-0.2, 0) is 20.9 Å². The van der Waals surface area contributed by atoms with E-state index >= 15 is 0 Å². The Balaban J connectivity index is 1.87. The van der Waals surface area contributed by atoms with E-state index in [0.29, 0.717) is 24.9 Å². The molecule has 1 amide bonds. The monoisotopic (exact) mass is 301 g/mol. The summed E-state index contributed by atoms with van der Waals surface area (Å²) in [6.45, 7) is 3.27. The average Bonchev–Trinajstić information content (AvgIpc) is 2.82. The SMILES string of the molecule is CC1CN(C(=O)CSc2nnnn2CC(=O)O)CCO1. The molecule has 10 heteroatoms. The van der Waals surface area contributed by atoms with Gasteiger partial charge in [0.1, 0.15) is 6.54 Å². The zero-order chi connectivity index (χ0) is 14.5. The van der Waals surface area contributed by atoms with Gasteiger partial charge in [0.15, 0.2) is 0 Å². The van der Waals surface area contributed by atoms with Crippen LogP contribution in [0.2, 0.25) is 0 Å². The Morgan fingerprint density at radius 2 is 2.35 bits per heavy atom. The summed E-state index contributed by atoms with van der Waals surface area (Å²) in [5, 5.41) is 19.7. The van der Waals surface area contributed by atoms with E-state index in [0.717, 1.165) is 16.4 Å². The van der Waals surface area contributed by atoms with E-state index in [9.17, 15) is 9.59 Å². The topological polar surface area (TPSA) is 110 Å². The molecule has 2 heterocycles. The van der Waals surface area contributed by atoms with E-state index in [1.165, 1.54) is 0 Å². The first-order valence-electron chi connectivity index (χ1n) is 6.06. The lowest BCUT2D eigenvalue weighted by atomic mass is 10.3. The van der Waals surface area contributed by atoms with Gasteiger partial charge in [-0.2, -0.15) is 0 Å². The summed E-state index contributed by atoms with van der Waals surface area (Å²) in [6, 6.07) is 0. The summed E-state index contributed by atoms with van der Waals surface area (Å²) >= 11 is 1.13. The van der Waals surface area contributed by atoms with Gasteiger partial charge >= 0.3 is 5.97 Å². The fraction of sp³-hybridized carbons (Fsp3) is 0.700. The molecule has 0 spiro atoms. The molecule has 1 N–H and O–H groups in total. The number of carboxylic acids is 1. The maximum Gasteiger partial charge on any atom is 0.325 e. The van der Waals surface area contributed by atoms with Gasteiger partial charge < -0.3 is 14.7 Å². The molecule has 2 rings (SSSR count). The molecule has 1 atom stereocenters. The highest BCUT2D eigenvalue weighted by Gasteiger charge is 2.22. The van der Waals surface area contributed by atoms with Gasteiger partial charge in [0.2, 0.25) is 11.1 Å². The van der Waals surface area contributed by atoms with Crippen molar-refractivity contribution in [3.63, 3.8) is 0 Å². The van der Waals surface area contributed by atoms with Crippen LogP contribution in [0.5, 0.6) is 0 Å². The number of carboxylic acid groups (broad SMARTS) is 1. The van der Waals surface area contributed by atoms with Crippen molar-refractivity contribution in [2.24, 2.45) is 0 Å². The van der Waals surface area contributed by atoms with Crippen molar-refractivity contribution in [3.8, 4) is 0 Å². The summed E-state index contributed by atoms with van der Waals surface area (Å²) in [7, 11) is 0. The van der Waals surface area contributed by atoms with Crippen LogP contribution in [0.4, 0.5) is 0 Å². The number of morpholine rings is 1. The minimum absolute atomic E-state index is 0.0324. The fourth-order valence-corrected chi connectivity index (χ4v) is 2.57. The van der Waals surface area contributed by atoms with Crippen molar-refractivity contribution in [3.05, 3.63) is 0 Å². The van der Waals surface area contributed by atoms with Crippen molar-refractivity contribution in [2.45, 2.75) is 24.7 Å². The highest BCUT2D eigenvalue weighted by Crippen LogP contribution is 2.15. The third kappa shape index (κ3) is 3.90. The highest BCUT2D eigenvalue weighted by molar-refractivity contribution is 7.99. The Morgan fingerprint density at radius 1 is 1.55 bits per heavy atom. The molecule has 1 aromatic heterocycles. The molecule has 1 aliphatic heterocycles. The minimum Gasteiger partial charge on any atom is -0.480 e. The number of amides is 1. The van der Waals surface area contributed by atoms with Crippen molar-refractivity contribution in [1.29, 1.82) is 0 Å². The summed E-state index contributed by atoms with van der Waals surface area (Å²) in [5.41, 5.74) is 0. The van der Waals surface area contributed by atoms with E-state index in [1.807, 2.05) is 6.92 Å². The lowest BCUT2D eigenvalue weighted by Crippen LogP contribution is -2.45. The van der Waals surface area contributed by atoms with Crippen molar-refractivity contribution >= 4 is 23.6 Å². The van der Waals surface area contributed by atoms with Crippen LogP contribution in [0.1, 0.15) is 6.92 Å². The Kier molecular flexibility index (Phi) is 4.90. The molecule has 110 valence electrons. The second-order valence-electron chi connectivity index (χ2n) is 4.32. The molecular weight excluding hydrogens is 286 g/mol. The predicted molar refractivity (Wildman–Crippen MR) is 68.2 cm³/mol. The molecule has 0 radical (unpaired) electrons. The molecule has 0 saturated carbocycles. The van der Waals surface area contributed by atoms with E-state index in [4.69, 9.17) is 9.84 Å². The van der Waals surface area contributed by atoms with E-state index in [-0.39, 0.29) is 24.3 Å². The molecule has 1 aromatic rings. The number of hydrogen-bond acceptors (Lipinski definition) is 7. The van der Waals surface area contributed by atoms with E-state index in [2.05, 4.69) is 15.5 Å². The number of aliphatic carboxylic acids is 1. The number of tetrazole rings is 1. The van der Waals surface area contributed by atoms with Crippen LogP contribution in [0, 0.1) is 0 Å². The number of carbonyl (C=O) groups excluding carboxylic acids is 1. The number of ether oxygens (including phenoxy) is 1. The van der Waals surface area contributed by atoms with Crippen molar-refractivity contribution < 1.29 is 19.4 Å². The largest absolute Gasteiger partial charge is 0.480 e. The number of aromatic nitrogens is 4. The zero-order valence-electron chi connectivity index (χ0n) is 10.9. The fourth-order valence-electron chi connectivity index (χ4n) is 1.79. The van der Waals surface area contributed by atoms with Gasteiger partial charge in [-0.1, -0.05) is 11.8 Å². The standard InChI is InChI=1S/C10H15N5O4S/c1-7-4-14(2-3-19-7)8(16)6-20-10-11-12-13-15(10)5-9(17)18/h7H,2-6H2,1H3,(H,17,18). The molecule has 1 fully saturated rings. The Bertz CT molecular complexity index is 494. The summed E-state index contributed by atoms with van der Waals surface area (Å²) in [4.78, 5) is 24.4. The van der Waals surface area contributed by atoms with Crippen LogP contribution >= 0.6 is 11.8 Å². The molecule has 1 aliphatic rings. The number of hydrogen-bond donors (Lipinski definition) is 1. The second kappa shape index (κ2) is 6.66. The molecule has 20 heavy (non-hydrogen) atoms. The first kappa shape index (κ1) is 14.7. The van der Waals surface area contributed by atoms with E-state index in [1.54, 1.807) is 4.90 Å². The zero-order valence-corrected chi connectivity index (χ0v) is 11.7. The average molecular weight is 301 g/mol. The van der Waals surface area contributed by atoms with Crippen molar-refractivity contribution in [2.75, 3.05) is 25.4 Å². The van der Waals surface area contributed by atoms with Crippen LogP contribution in [0.15, 0.2) is 5.16 Å². The molecule has 0 aromatic carbocycles. The second-order valence-corrected chi connectivity index (χ2v) is 5.27. The molecule has 0 bridgehead atoms. The molecule has 9 nitrogen and oxygen atoms in total. The van der Waals surface area contributed by atoms with Gasteiger partial charge in [0.05, 0.1) is 18.5 Å². The third-order valence-electron chi connectivity index (χ3n) is 2.70. The molecule has 0 aliphatic carbocycles. The minimum atomic E-state index is -1.03. The molecule has 1 unspecified atom stereocenters. The van der Waals surface area contributed by atoms with Gasteiger partial charge in [-0.05, 0) is 17.4 Å². The molecule has 1 saturated heterocycles. The summed E-state index contributed by atoms with van der Waals surface area (Å²) in [6.07, 6.45) is 0.0371. The van der Waals surface area contributed by atoms with Gasteiger partial charge in [0.25, 0.3) is 0 Å². The third-order valence-corrected chi connectivity index (χ3v) is 3.64. The highest BCUT2D eigenvalue weighted by atomic mass is 32.2. The maximum absolute atomic E-state index is 12.0. The van der Waals surface area contributed by atoms with Crippen molar-refractivity contribution in [1.82, 2.24) is 25.1 Å². The number of carbonyl (C=O) groups is 2. The lowest BCUT2D eigenvalue weighted by molar-refractivity contribution is -0.138. The molecular formula is C10H15N5O4S. The maximum atomic E-state index is 12.0. The predicted octanol–water partition coefficient (Wildman–Crippen LogP) is -0.903. The van der Waals surface area contributed by atoms with Crippen LogP contribution in [0.3, 0.4) is 0 Å². The number of nitrogens with zero attached hydrogens (tertiary/aromatic N) is 5. The Hall–Kier alpha value is -1.68. The van der Waals surface area contributed by atoms with E-state index < -0.39 is 5.97 Å². The van der Waals surface area contributed by atoms with Gasteiger partial charge in [-0.25, -0.2) is 4.68 Å². The van der Waals surface area contributed by atoms with Gasteiger partial charge in [-0.3, -0.25) is 9.59 Å². The van der Waals surface area contributed by atoms with Crippen LogP contribution in [0.25, 0.3) is 0 Å². The summed E-state index contributed by atoms with van der Waals surface area (Å²) < 4.78 is 6.52. The first-order chi connectivity index (χ1) is 9.56. The first-order valence-corrected chi connectivity index (χ1v) is 7.05. The Morgan fingerprint density at radius 3 is 3.05 bits per heavy atom. The van der Waals surface area contributed by atoms with Gasteiger partial charge in [0, 0.05) is 13.1 Å². The van der Waals surface area contributed by atoms with Crippen LogP contribution < -0.4 is 0 Å². The lowest BCUT2D eigenvalue weighted by Gasteiger charge is -2.31. The number of thioether (sulfide) groups is 1.